The fraction of sp³-hybridized carbons (Fsp3) is 0.455. The Hall–Kier alpha value is -3.20. The number of ether oxygens (including phenoxy) is 1. The number of carbonyl (C=O) groups is 1. The molecule has 0 aliphatic carbocycles. The molecule has 1 amide bonds. The van der Waals surface area contributed by atoms with Crippen LogP contribution in [-0.4, -0.2) is 63.8 Å². The van der Waals surface area contributed by atoms with Gasteiger partial charge in [-0.25, -0.2) is 9.78 Å². The lowest BCUT2D eigenvalue weighted by atomic mass is 10.2. The summed E-state index contributed by atoms with van der Waals surface area (Å²) in [5, 5.41) is 15.4. The highest BCUT2D eigenvalue weighted by Gasteiger charge is 2.16. The van der Waals surface area contributed by atoms with Gasteiger partial charge < -0.3 is 20.1 Å². The standard InChI is InChI=1S/C22H28N6O3/c29-22(30)23-8-3-1-2-4-9-28-16-17(14-25-28)19-15-24-18-6-5-7-20(21(18)26-19)27-10-12-31-13-11-27/h5-7,14-16,23H,1-4,8-13H2,(H,29,30). The van der Waals surface area contributed by atoms with Crippen LogP contribution in [0.4, 0.5) is 10.5 Å². The summed E-state index contributed by atoms with van der Waals surface area (Å²) in [6, 6.07) is 6.12. The van der Waals surface area contributed by atoms with Crippen molar-refractivity contribution in [1.29, 1.82) is 0 Å². The van der Waals surface area contributed by atoms with Crippen molar-refractivity contribution in [2.24, 2.45) is 0 Å². The predicted molar refractivity (Wildman–Crippen MR) is 118 cm³/mol. The van der Waals surface area contributed by atoms with Crippen LogP contribution in [0, 0.1) is 0 Å². The number of benzene rings is 1. The maximum absolute atomic E-state index is 10.4. The Morgan fingerprint density at radius 3 is 2.81 bits per heavy atom. The third-order valence-electron chi connectivity index (χ3n) is 5.42. The minimum absolute atomic E-state index is 0.508. The zero-order valence-electron chi connectivity index (χ0n) is 17.5. The van der Waals surface area contributed by atoms with Gasteiger partial charge in [-0.1, -0.05) is 18.9 Å². The van der Waals surface area contributed by atoms with Crippen LogP contribution in [0.3, 0.4) is 0 Å². The number of nitrogens with zero attached hydrogens (tertiary/aromatic N) is 5. The number of para-hydroxylation sites is 1. The molecule has 0 radical (unpaired) electrons. The second kappa shape index (κ2) is 10.2. The summed E-state index contributed by atoms with van der Waals surface area (Å²) in [6.45, 7) is 4.50. The molecule has 4 rings (SSSR count). The quantitative estimate of drug-likeness (QED) is 0.508. The molecule has 1 aromatic carbocycles. The van der Waals surface area contributed by atoms with Gasteiger partial charge in [0.25, 0.3) is 0 Å². The van der Waals surface area contributed by atoms with Crippen LogP contribution in [0.15, 0.2) is 36.8 Å². The summed E-state index contributed by atoms with van der Waals surface area (Å²) >= 11 is 0. The Kier molecular flexibility index (Phi) is 6.93. The molecule has 3 aromatic rings. The van der Waals surface area contributed by atoms with Crippen LogP contribution < -0.4 is 10.2 Å². The summed E-state index contributed by atoms with van der Waals surface area (Å²) in [5.74, 6) is 0. The van der Waals surface area contributed by atoms with Crippen LogP contribution in [0.2, 0.25) is 0 Å². The fourth-order valence-electron chi connectivity index (χ4n) is 3.78. The average Bonchev–Trinajstić information content (AvgIpc) is 3.27. The van der Waals surface area contributed by atoms with Gasteiger partial charge in [-0.2, -0.15) is 5.10 Å². The maximum atomic E-state index is 10.4. The normalized spacial score (nSPS) is 14.1. The van der Waals surface area contributed by atoms with Gasteiger partial charge >= 0.3 is 6.09 Å². The first-order valence-corrected chi connectivity index (χ1v) is 10.8. The Balaban J connectivity index is 1.39. The smallest absolute Gasteiger partial charge is 0.404 e. The lowest BCUT2D eigenvalue weighted by Gasteiger charge is -2.29. The monoisotopic (exact) mass is 424 g/mol. The number of nitrogens with one attached hydrogen (secondary N) is 1. The van der Waals surface area contributed by atoms with Gasteiger partial charge in [0.05, 0.1) is 42.5 Å². The second-order valence-corrected chi connectivity index (χ2v) is 7.64. The number of hydrogen-bond donors (Lipinski definition) is 2. The summed E-state index contributed by atoms with van der Waals surface area (Å²) in [7, 11) is 0. The van der Waals surface area contributed by atoms with Gasteiger partial charge in [0.2, 0.25) is 0 Å². The van der Waals surface area contributed by atoms with Crippen molar-refractivity contribution < 1.29 is 14.6 Å². The lowest BCUT2D eigenvalue weighted by Crippen LogP contribution is -2.36. The summed E-state index contributed by atoms with van der Waals surface area (Å²) in [4.78, 5) is 22.3. The topological polar surface area (TPSA) is 105 Å². The van der Waals surface area contributed by atoms with Crippen LogP contribution in [0.25, 0.3) is 22.3 Å². The molecule has 1 aliphatic rings. The average molecular weight is 425 g/mol. The largest absolute Gasteiger partial charge is 0.465 e. The van der Waals surface area contributed by atoms with Crippen LogP contribution in [0.5, 0.6) is 0 Å². The highest BCUT2D eigenvalue weighted by Crippen LogP contribution is 2.27. The molecule has 9 heteroatoms. The van der Waals surface area contributed by atoms with Gasteiger partial charge in [-0.15, -0.1) is 0 Å². The number of morpholine rings is 1. The zero-order chi connectivity index (χ0) is 21.5. The molecule has 1 aliphatic heterocycles. The van der Waals surface area contributed by atoms with E-state index in [9.17, 15) is 4.79 Å². The summed E-state index contributed by atoms with van der Waals surface area (Å²) < 4.78 is 7.42. The number of hydrogen-bond acceptors (Lipinski definition) is 6. The molecule has 0 atom stereocenters. The summed E-state index contributed by atoms with van der Waals surface area (Å²) in [5.41, 5.74) is 4.66. The van der Waals surface area contributed by atoms with Gasteiger partial charge in [0.15, 0.2) is 0 Å². The molecule has 0 saturated carbocycles. The highest BCUT2D eigenvalue weighted by molar-refractivity contribution is 5.89. The maximum Gasteiger partial charge on any atom is 0.404 e. The van der Waals surface area contributed by atoms with Gasteiger partial charge in [0.1, 0.15) is 5.52 Å². The molecule has 2 N–H and O–H groups in total. The number of carboxylic acid groups (broad SMARTS) is 1. The van der Waals surface area contributed by atoms with E-state index in [0.717, 1.165) is 86.5 Å². The Labute approximate surface area is 181 Å². The van der Waals surface area contributed by atoms with Gasteiger partial charge in [-0.3, -0.25) is 9.67 Å². The molecule has 2 aromatic heterocycles. The van der Waals surface area contributed by atoms with E-state index < -0.39 is 6.09 Å². The van der Waals surface area contributed by atoms with E-state index in [1.165, 1.54) is 0 Å². The van der Waals surface area contributed by atoms with E-state index in [1.54, 1.807) is 0 Å². The van der Waals surface area contributed by atoms with Crippen molar-refractivity contribution >= 4 is 22.8 Å². The Morgan fingerprint density at radius 1 is 1.13 bits per heavy atom. The first kappa shape index (κ1) is 21.0. The number of aryl methyl sites for hydroxylation is 1. The number of anilines is 1. The molecule has 3 heterocycles. The number of aromatic nitrogens is 4. The molecule has 1 saturated heterocycles. The van der Waals surface area contributed by atoms with Crippen molar-refractivity contribution in [3.05, 3.63) is 36.8 Å². The SMILES string of the molecule is O=C(O)NCCCCCCn1cc(-c2cnc3cccc(N4CCOCC4)c3n2)cn1. The summed E-state index contributed by atoms with van der Waals surface area (Å²) in [6.07, 6.45) is 8.58. The Bertz CT molecular complexity index is 1020. The fourth-order valence-corrected chi connectivity index (χ4v) is 3.78. The number of rotatable bonds is 9. The number of unbranched alkanes of at least 4 members (excludes halogenated alkanes) is 3. The van der Waals surface area contributed by atoms with E-state index in [4.69, 9.17) is 14.8 Å². The minimum atomic E-state index is -0.960. The van der Waals surface area contributed by atoms with Crippen molar-refractivity contribution in [2.45, 2.75) is 32.2 Å². The molecule has 0 spiro atoms. The first-order valence-electron chi connectivity index (χ1n) is 10.8. The lowest BCUT2D eigenvalue weighted by molar-refractivity contribution is 0.123. The molecular weight excluding hydrogens is 396 g/mol. The Morgan fingerprint density at radius 2 is 1.97 bits per heavy atom. The van der Waals surface area contributed by atoms with E-state index in [-0.39, 0.29) is 0 Å². The molecule has 0 bridgehead atoms. The molecule has 9 nitrogen and oxygen atoms in total. The molecular formula is C22H28N6O3. The zero-order valence-corrected chi connectivity index (χ0v) is 17.5. The van der Waals surface area contributed by atoms with Crippen LogP contribution in [0.1, 0.15) is 25.7 Å². The van der Waals surface area contributed by atoms with E-state index in [0.29, 0.717) is 6.54 Å². The predicted octanol–water partition coefficient (Wildman–Crippen LogP) is 3.16. The molecule has 0 unspecified atom stereocenters. The van der Waals surface area contributed by atoms with Crippen LogP contribution >= 0.6 is 0 Å². The third-order valence-corrected chi connectivity index (χ3v) is 5.42. The van der Waals surface area contributed by atoms with E-state index in [2.05, 4.69) is 26.4 Å². The first-order chi connectivity index (χ1) is 15.2. The molecule has 1 fully saturated rings. The number of fused-ring (bicyclic) bond motifs is 1. The minimum Gasteiger partial charge on any atom is -0.465 e. The van der Waals surface area contributed by atoms with E-state index >= 15 is 0 Å². The van der Waals surface area contributed by atoms with Crippen molar-refractivity contribution in [2.75, 3.05) is 37.7 Å². The second-order valence-electron chi connectivity index (χ2n) is 7.64. The van der Waals surface area contributed by atoms with Gasteiger partial charge in [0, 0.05) is 37.9 Å². The van der Waals surface area contributed by atoms with Crippen LogP contribution in [-0.2, 0) is 11.3 Å². The number of amides is 1. The molecule has 31 heavy (non-hydrogen) atoms. The van der Waals surface area contributed by atoms with Crippen molar-refractivity contribution in [3.63, 3.8) is 0 Å². The van der Waals surface area contributed by atoms with Gasteiger partial charge in [-0.05, 0) is 25.0 Å². The third kappa shape index (κ3) is 5.49. The van der Waals surface area contributed by atoms with Crippen molar-refractivity contribution in [1.82, 2.24) is 25.1 Å². The molecule has 164 valence electrons. The highest BCUT2D eigenvalue weighted by atomic mass is 16.5. The van der Waals surface area contributed by atoms with Crippen molar-refractivity contribution in [3.8, 4) is 11.3 Å². The van der Waals surface area contributed by atoms with E-state index in [1.807, 2.05) is 35.4 Å².